The number of allylic oxidation sites excluding steroid dienone is 3. The van der Waals surface area contributed by atoms with Gasteiger partial charge >= 0.3 is 0 Å². The van der Waals surface area contributed by atoms with E-state index in [0.717, 1.165) is 31.4 Å². The summed E-state index contributed by atoms with van der Waals surface area (Å²) in [6, 6.07) is 0. The highest BCUT2D eigenvalue weighted by Crippen LogP contribution is 2.30. The maximum absolute atomic E-state index is 11.8. The fraction of sp³-hybridized carbons (Fsp3) is 0.750. The molecule has 1 aliphatic carbocycles. The second-order valence-corrected chi connectivity index (χ2v) is 8.45. The van der Waals surface area contributed by atoms with Gasteiger partial charge in [-0.15, -0.1) is 0 Å². The van der Waals surface area contributed by atoms with Crippen LogP contribution in [0.25, 0.3) is 0 Å². The van der Waals surface area contributed by atoms with Crippen LogP contribution in [-0.4, -0.2) is 23.6 Å². The quantitative estimate of drug-likeness (QED) is 0.462. The molecule has 0 radical (unpaired) electrons. The molecule has 2 nitrogen and oxygen atoms in total. The molecule has 1 atom stereocenters. The van der Waals surface area contributed by atoms with E-state index in [0.29, 0.717) is 5.92 Å². The normalized spacial score (nSPS) is 18.3. The van der Waals surface area contributed by atoms with Gasteiger partial charge in [-0.05, 0) is 63.5 Å². The fourth-order valence-corrected chi connectivity index (χ4v) is 3.55. The first-order chi connectivity index (χ1) is 10.9. The minimum Gasteiger partial charge on any atom is -0.379 e. The number of thioether (sulfide) groups is 1. The molecular formula is C20H34O2S. The molecule has 0 aromatic carbocycles. The predicted molar refractivity (Wildman–Crippen MR) is 102 cm³/mol. The van der Waals surface area contributed by atoms with Crippen molar-refractivity contribution in [2.75, 3.05) is 12.9 Å². The molecule has 0 saturated heterocycles. The summed E-state index contributed by atoms with van der Waals surface area (Å²) in [4.78, 5) is 11.8. The van der Waals surface area contributed by atoms with Crippen LogP contribution in [0.1, 0.15) is 72.6 Å². The Bertz CT molecular complexity index is 435. The van der Waals surface area contributed by atoms with E-state index in [1.165, 1.54) is 42.2 Å². The van der Waals surface area contributed by atoms with Crippen molar-refractivity contribution in [3.8, 4) is 0 Å². The van der Waals surface area contributed by atoms with Crippen molar-refractivity contribution < 1.29 is 9.53 Å². The molecule has 0 bridgehead atoms. The van der Waals surface area contributed by atoms with Crippen LogP contribution >= 0.6 is 11.8 Å². The van der Waals surface area contributed by atoms with Crippen molar-refractivity contribution in [3.05, 3.63) is 23.3 Å². The number of hydrogen-bond donors (Lipinski definition) is 0. The van der Waals surface area contributed by atoms with Crippen molar-refractivity contribution in [3.63, 3.8) is 0 Å². The van der Waals surface area contributed by atoms with Crippen molar-refractivity contribution in [1.29, 1.82) is 0 Å². The molecule has 0 amide bonds. The highest BCUT2D eigenvalue weighted by atomic mass is 32.2. The molecule has 3 heteroatoms. The second-order valence-electron chi connectivity index (χ2n) is 7.35. The van der Waals surface area contributed by atoms with Gasteiger partial charge in [0.1, 0.15) is 0 Å². The van der Waals surface area contributed by atoms with Gasteiger partial charge in [0.15, 0.2) is 0 Å². The lowest BCUT2D eigenvalue weighted by Crippen LogP contribution is -2.22. The van der Waals surface area contributed by atoms with E-state index >= 15 is 0 Å². The van der Waals surface area contributed by atoms with Gasteiger partial charge in [0, 0.05) is 12.9 Å². The van der Waals surface area contributed by atoms with Gasteiger partial charge in [-0.25, -0.2) is 0 Å². The molecule has 1 rings (SSSR count). The van der Waals surface area contributed by atoms with Gasteiger partial charge in [-0.1, -0.05) is 50.1 Å². The first kappa shape index (κ1) is 20.5. The van der Waals surface area contributed by atoms with Gasteiger partial charge in [0.05, 0.1) is 5.60 Å². The van der Waals surface area contributed by atoms with E-state index in [9.17, 15) is 4.79 Å². The zero-order valence-corrected chi connectivity index (χ0v) is 16.4. The minimum atomic E-state index is -0.00122. The zero-order valence-electron chi connectivity index (χ0n) is 15.6. The highest BCUT2D eigenvalue weighted by Gasteiger charge is 2.17. The molecule has 23 heavy (non-hydrogen) atoms. The van der Waals surface area contributed by atoms with Crippen molar-refractivity contribution >= 4 is 16.9 Å². The maximum Gasteiger partial charge on any atom is 0.212 e. The first-order valence-electron chi connectivity index (χ1n) is 8.98. The van der Waals surface area contributed by atoms with Gasteiger partial charge in [-0.3, -0.25) is 4.79 Å². The largest absolute Gasteiger partial charge is 0.379 e. The van der Waals surface area contributed by atoms with Crippen LogP contribution in [0.5, 0.6) is 0 Å². The van der Waals surface area contributed by atoms with Crippen LogP contribution in [0.4, 0.5) is 0 Å². The molecule has 132 valence electrons. The summed E-state index contributed by atoms with van der Waals surface area (Å²) in [5, 5.41) is 0.217. The summed E-state index contributed by atoms with van der Waals surface area (Å²) < 4.78 is 5.48. The van der Waals surface area contributed by atoms with Crippen LogP contribution in [-0.2, 0) is 9.53 Å². The molecule has 0 saturated carbocycles. The van der Waals surface area contributed by atoms with E-state index in [4.69, 9.17) is 4.74 Å². The number of carbonyl (C=O) groups excluding carboxylic acids is 1. The zero-order chi connectivity index (χ0) is 17.3. The monoisotopic (exact) mass is 338 g/mol. The molecule has 0 N–H and O–H groups in total. The van der Waals surface area contributed by atoms with Gasteiger partial charge in [0.25, 0.3) is 0 Å². The third-order valence-electron chi connectivity index (χ3n) is 4.51. The molecular weight excluding hydrogens is 304 g/mol. The van der Waals surface area contributed by atoms with E-state index in [-0.39, 0.29) is 10.7 Å². The lowest BCUT2D eigenvalue weighted by Gasteiger charge is -2.23. The standard InChI is InChI=1S/C20H34O2S/c1-6-12-23-19(21)15-18-10-9-17(14-18)13-16(2)8-7-11-20(3,4)22-5/h14-16H,6-13H2,1-5H3/b18-15+. The van der Waals surface area contributed by atoms with E-state index in [1.807, 2.05) is 6.08 Å². The molecule has 0 aromatic rings. The molecule has 0 aliphatic heterocycles. The predicted octanol–water partition coefficient (Wildman–Crippen LogP) is 5.92. The number of hydrogen-bond acceptors (Lipinski definition) is 3. The van der Waals surface area contributed by atoms with Crippen LogP contribution in [0.2, 0.25) is 0 Å². The summed E-state index contributed by atoms with van der Waals surface area (Å²) in [6.45, 7) is 8.75. The topological polar surface area (TPSA) is 26.3 Å². The Hall–Kier alpha value is -0.540. The Labute approximate surface area is 147 Å². The fourth-order valence-electron chi connectivity index (χ4n) is 2.91. The molecule has 0 aromatic heterocycles. The van der Waals surface area contributed by atoms with E-state index < -0.39 is 0 Å². The summed E-state index contributed by atoms with van der Waals surface area (Å²) in [5.74, 6) is 1.63. The lowest BCUT2D eigenvalue weighted by molar-refractivity contribution is -0.107. The number of rotatable bonds is 10. The smallest absolute Gasteiger partial charge is 0.212 e. The van der Waals surface area contributed by atoms with Gasteiger partial charge < -0.3 is 4.74 Å². The Morgan fingerprint density at radius 2 is 2.17 bits per heavy atom. The van der Waals surface area contributed by atoms with Gasteiger partial charge in [0.2, 0.25) is 5.12 Å². The molecule has 1 unspecified atom stereocenters. The van der Waals surface area contributed by atoms with E-state index in [1.54, 1.807) is 7.11 Å². The third-order valence-corrected chi connectivity index (χ3v) is 5.53. The SMILES string of the molecule is CCCSC(=O)/C=C1/C=C(CC(C)CCCC(C)(C)OC)CC1. The van der Waals surface area contributed by atoms with Crippen LogP contribution in [0, 0.1) is 5.92 Å². The maximum atomic E-state index is 11.8. The minimum absolute atomic E-state index is 0.00122. The molecule has 0 spiro atoms. The van der Waals surface area contributed by atoms with Gasteiger partial charge in [-0.2, -0.15) is 0 Å². The Kier molecular flexibility index (Phi) is 9.23. The van der Waals surface area contributed by atoms with Crippen LogP contribution in [0.15, 0.2) is 23.3 Å². The Morgan fingerprint density at radius 3 is 2.83 bits per heavy atom. The van der Waals surface area contributed by atoms with Crippen LogP contribution < -0.4 is 0 Å². The number of methoxy groups -OCH3 is 1. The number of carbonyl (C=O) groups is 1. The van der Waals surface area contributed by atoms with E-state index in [2.05, 4.69) is 33.8 Å². The van der Waals surface area contributed by atoms with Crippen molar-refractivity contribution in [1.82, 2.24) is 0 Å². The van der Waals surface area contributed by atoms with Crippen molar-refractivity contribution in [2.45, 2.75) is 78.2 Å². The second kappa shape index (κ2) is 10.4. The summed E-state index contributed by atoms with van der Waals surface area (Å²) >= 11 is 1.44. The Balaban J connectivity index is 2.35. The summed E-state index contributed by atoms with van der Waals surface area (Å²) in [5.41, 5.74) is 2.74. The highest BCUT2D eigenvalue weighted by molar-refractivity contribution is 8.14. The lowest BCUT2D eigenvalue weighted by atomic mass is 9.92. The molecule has 0 fully saturated rings. The average Bonchev–Trinajstić information content (AvgIpc) is 2.91. The van der Waals surface area contributed by atoms with Crippen LogP contribution in [0.3, 0.4) is 0 Å². The Morgan fingerprint density at radius 1 is 1.43 bits per heavy atom. The molecule has 0 heterocycles. The average molecular weight is 339 g/mol. The summed E-state index contributed by atoms with van der Waals surface area (Å²) in [7, 11) is 1.79. The summed E-state index contributed by atoms with van der Waals surface area (Å²) in [6.07, 6.45) is 12.1. The number of ether oxygens (including phenoxy) is 1. The third kappa shape index (κ3) is 8.76. The first-order valence-corrected chi connectivity index (χ1v) is 9.96. The van der Waals surface area contributed by atoms with Crippen molar-refractivity contribution in [2.24, 2.45) is 5.92 Å². The molecule has 1 aliphatic rings.